The maximum atomic E-state index is 12.7. The van der Waals surface area contributed by atoms with Crippen molar-refractivity contribution in [1.29, 1.82) is 0 Å². The zero-order chi connectivity index (χ0) is 16.2. The molecular formula is C18H19N3OS. The van der Waals surface area contributed by atoms with Crippen molar-refractivity contribution in [3.8, 4) is 11.3 Å². The molecule has 0 fully saturated rings. The van der Waals surface area contributed by atoms with Gasteiger partial charge in [0, 0.05) is 28.9 Å². The Morgan fingerprint density at radius 1 is 1.22 bits per heavy atom. The molecule has 2 aromatic heterocycles. The van der Waals surface area contributed by atoms with Crippen molar-refractivity contribution in [3.63, 3.8) is 0 Å². The van der Waals surface area contributed by atoms with Crippen molar-refractivity contribution in [1.82, 2.24) is 9.78 Å². The highest BCUT2D eigenvalue weighted by molar-refractivity contribution is 7.08. The van der Waals surface area contributed by atoms with E-state index in [4.69, 9.17) is 0 Å². The van der Waals surface area contributed by atoms with Crippen LogP contribution in [0.2, 0.25) is 0 Å². The normalized spacial score (nSPS) is 10.9. The molecule has 0 bridgehead atoms. The van der Waals surface area contributed by atoms with Crippen LogP contribution in [-0.4, -0.2) is 21.7 Å². The molecule has 0 aliphatic rings. The summed E-state index contributed by atoms with van der Waals surface area (Å²) >= 11 is 1.64. The highest BCUT2D eigenvalue weighted by Gasteiger charge is 2.19. The van der Waals surface area contributed by atoms with Crippen molar-refractivity contribution in [2.24, 2.45) is 0 Å². The number of rotatable bonds is 5. The van der Waals surface area contributed by atoms with Crippen LogP contribution >= 0.6 is 11.3 Å². The molecular weight excluding hydrogens is 306 g/mol. The van der Waals surface area contributed by atoms with E-state index in [1.807, 2.05) is 72.8 Å². The van der Waals surface area contributed by atoms with E-state index in [0.717, 1.165) is 16.9 Å². The van der Waals surface area contributed by atoms with E-state index in [0.29, 0.717) is 0 Å². The lowest BCUT2D eigenvalue weighted by Gasteiger charge is -2.26. The van der Waals surface area contributed by atoms with Crippen molar-refractivity contribution in [3.05, 3.63) is 59.4 Å². The molecule has 0 spiro atoms. The third-order valence-electron chi connectivity index (χ3n) is 3.57. The van der Waals surface area contributed by atoms with E-state index < -0.39 is 0 Å². The average molecular weight is 325 g/mol. The number of carbonyl (C=O) groups excluding carboxylic acids is 1. The molecule has 0 aliphatic carbocycles. The second-order valence-electron chi connectivity index (χ2n) is 5.60. The third-order valence-corrected chi connectivity index (χ3v) is 4.26. The molecule has 5 heteroatoms. The molecule has 118 valence electrons. The molecule has 0 N–H and O–H groups in total. The first-order valence-corrected chi connectivity index (χ1v) is 8.52. The Morgan fingerprint density at radius 3 is 2.65 bits per heavy atom. The van der Waals surface area contributed by atoms with Crippen LogP contribution in [-0.2, 0) is 11.3 Å². The van der Waals surface area contributed by atoms with Gasteiger partial charge in [0.2, 0.25) is 5.91 Å². The lowest BCUT2D eigenvalue weighted by Crippen LogP contribution is -2.39. The van der Waals surface area contributed by atoms with Crippen LogP contribution in [0.5, 0.6) is 0 Å². The van der Waals surface area contributed by atoms with Crippen molar-refractivity contribution in [2.45, 2.75) is 26.4 Å². The zero-order valence-electron chi connectivity index (χ0n) is 13.2. The van der Waals surface area contributed by atoms with E-state index in [1.165, 1.54) is 0 Å². The Morgan fingerprint density at radius 2 is 2.00 bits per heavy atom. The summed E-state index contributed by atoms with van der Waals surface area (Å²) in [6.07, 6.45) is 1.86. The quantitative estimate of drug-likeness (QED) is 0.709. The summed E-state index contributed by atoms with van der Waals surface area (Å²) in [5.41, 5.74) is 2.90. The van der Waals surface area contributed by atoms with Crippen molar-refractivity contribution >= 4 is 22.9 Å². The molecule has 23 heavy (non-hydrogen) atoms. The fraction of sp³-hybridized carbons (Fsp3) is 0.222. The number of benzene rings is 1. The minimum Gasteiger partial charge on any atom is -0.308 e. The summed E-state index contributed by atoms with van der Waals surface area (Å²) in [6, 6.07) is 13.8. The van der Waals surface area contributed by atoms with Crippen LogP contribution in [0, 0.1) is 0 Å². The lowest BCUT2D eigenvalue weighted by molar-refractivity contribution is -0.119. The molecule has 1 amide bonds. The first-order valence-electron chi connectivity index (χ1n) is 7.58. The SMILES string of the molecule is CC(C)N(C(=O)Cn1ccc(-c2ccsc2)n1)c1ccccc1. The Hall–Kier alpha value is -2.40. The minimum atomic E-state index is 0.0335. The van der Waals surface area contributed by atoms with Gasteiger partial charge in [-0.15, -0.1) is 0 Å². The molecule has 0 saturated heterocycles. The van der Waals surface area contributed by atoms with Crippen LogP contribution in [0.3, 0.4) is 0 Å². The first-order chi connectivity index (χ1) is 11.1. The number of para-hydroxylation sites is 1. The highest BCUT2D eigenvalue weighted by Crippen LogP contribution is 2.20. The van der Waals surface area contributed by atoms with Crippen LogP contribution in [0.4, 0.5) is 5.69 Å². The van der Waals surface area contributed by atoms with Gasteiger partial charge in [0.25, 0.3) is 0 Å². The van der Waals surface area contributed by atoms with Crippen molar-refractivity contribution < 1.29 is 4.79 Å². The number of thiophene rings is 1. The number of amides is 1. The molecule has 0 unspecified atom stereocenters. The molecule has 0 radical (unpaired) electrons. The molecule has 3 aromatic rings. The Balaban J connectivity index is 1.77. The summed E-state index contributed by atoms with van der Waals surface area (Å²) in [7, 11) is 0. The second-order valence-corrected chi connectivity index (χ2v) is 6.38. The van der Waals surface area contributed by atoms with E-state index in [9.17, 15) is 4.79 Å². The molecule has 0 atom stereocenters. The van der Waals surface area contributed by atoms with Crippen LogP contribution < -0.4 is 4.90 Å². The lowest BCUT2D eigenvalue weighted by atomic mass is 10.2. The molecule has 0 aliphatic heterocycles. The first kappa shape index (κ1) is 15.5. The van der Waals surface area contributed by atoms with Gasteiger partial charge in [-0.1, -0.05) is 18.2 Å². The van der Waals surface area contributed by atoms with Crippen LogP contribution in [0.15, 0.2) is 59.4 Å². The van der Waals surface area contributed by atoms with E-state index in [1.54, 1.807) is 16.0 Å². The van der Waals surface area contributed by atoms with Gasteiger partial charge in [-0.05, 0) is 43.5 Å². The van der Waals surface area contributed by atoms with E-state index in [-0.39, 0.29) is 18.5 Å². The second kappa shape index (κ2) is 6.79. The highest BCUT2D eigenvalue weighted by atomic mass is 32.1. The Bertz CT molecular complexity index is 763. The summed E-state index contributed by atoms with van der Waals surface area (Å²) in [5.74, 6) is 0.0335. The fourth-order valence-corrected chi connectivity index (χ4v) is 3.20. The predicted molar refractivity (Wildman–Crippen MR) is 94.6 cm³/mol. The summed E-state index contributed by atoms with van der Waals surface area (Å²) < 4.78 is 1.70. The van der Waals surface area contributed by atoms with Gasteiger partial charge in [0.05, 0.1) is 5.69 Å². The summed E-state index contributed by atoms with van der Waals surface area (Å²) in [6.45, 7) is 4.27. The van der Waals surface area contributed by atoms with Crippen LogP contribution in [0.25, 0.3) is 11.3 Å². The third kappa shape index (κ3) is 3.51. The maximum absolute atomic E-state index is 12.7. The van der Waals surface area contributed by atoms with Crippen molar-refractivity contribution in [2.75, 3.05) is 4.90 Å². The Kier molecular flexibility index (Phi) is 4.57. The number of anilines is 1. The molecule has 2 heterocycles. The number of carbonyl (C=O) groups is 1. The predicted octanol–water partition coefficient (Wildman–Crippen LogP) is 4.05. The smallest absolute Gasteiger partial charge is 0.248 e. The molecule has 0 saturated carbocycles. The standard InChI is InChI=1S/C18H19N3OS/c1-14(2)21(16-6-4-3-5-7-16)18(22)12-20-10-8-17(19-20)15-9-11-23-13-15/h3-11,13-14H,12H2,1-2H3. The fourth-order valence-electron chi connectivity index (χ4n) is 2.55. The number of nitrogens with zero attached hydrogens (tertiary/aromatic N) is 3. The van der Waals surface area contributed by atoms with Gasteiger partial charge in [-0.25, -0.2) is 0 Å². The topological polar surface area (TPSA) is 38.1 Å². The summed E-state index contributed by atoms with van der Waals surface area (Å²) in [5, 5.41) is 8.58. The van der Waals surface area contributed by atoms with Gasteiger partial charge < -0.3 is 4.90 Å². The maximum Gasteiger partial charge on any atom is 0.248 e. The zero-order valence-corrected chi connectivity index (χ0v) is 14.0. The van der Waals surface area contributed by atoms with Gasteiger partial charge in [0.15, 0.2) is 0 Å². The number of aromatic nitrogens is 2. The monoisotopic (exact) mass is 325 g/mol. The van der Waals surface area contributed by atoms with E-state index >= 15 is 0 Å². The largest absolute Gasteiger partial charge is 0.308 e. The van der Waals surface area contributed by atoms with Crippen LogP contribution in [0.1, 0.15) is 13.8 Å². The summed E-state index contributed by atoms with van der Waals surface area (Å²) in [4.78, 5) is 14.5. The molecule has 3 rings (SSSR count). The van der Waals surface area contributed by atoms with E-state index in [2.05, 4.69) is 10.5 Å². The molecule has 1 aromatic carbocycles. The van der Waals surface area contributed by atoms with Gasteiger partial charge in [0.1, 0.15) is 6.54 Å². The number of hydrogen-bond acceptors (Lipinski definition) is 3. The average Bonchev–Trinajstić information content (AvgIpc) is 3.19. The van der Waals surface area contributed by atoms with Gasteiger partial charge in [-0.3, -0.25) is 9.48 Å². The van der Waals surface area contributed by atoms with Gasteiger partial charge in [-0.2, -0.15) is 16.4 Å². The van der Waals surface area contributed by atoms with Gasteiger partial charge >= 0.3 is 0 Å². The Labute approximate surface area is 140 Å². The minimum absolute atomic E-state index is 0.0335. The number of hydrogen-bond donors (Lipinski definition) is 0. The molecule has 4 nitrogen and oxygen atoms in total.